The third kappa shape index (κ3) is 7.53. The van der Waals surface area contributed by atoms with E-state index in [1.165, 1.54) is 42.2 Å². The average molecular weight is 528 g/mol. The van der Waals surface area contributed by atoms with Gasteiger partial charge in [0.2, 0.25) is 21.8 Å². The highest BCUT2D eigenvalue weighted by Gasteiger charge is 2.30. The maximum absolute atomic E-state index is 14.4. The van der Waals surface area contributed by atoms with Gasteiger partial charge in [-0.25, -0.2) is 12.8 Å². The summed E-state index contributed by atoms with van der Waals surface area (Å²) in [6.45, 7) is 2.83. The zero-order valence-corrected chi connectivity index (χ0v) is 21.7. The number of amides is 2. The van der Waals surface area contributed by atoms with Gasteiger partial charge in [0, 0.05) is 18.7 Å². The molecule has 196 valence electrons. The highest BCUT2D eigenvalue weighted by molar-refractivity contribution is 7.92. The van der Waals surface area contributed by atoms with Gasteiger partial charge in [0.05, 0.1) is 11.9 Å². The Morgan fingerprint density at radius 2 is 1.54 bits per heavy atom. The van der Waals surface area contributed by atoms with Crippen LogP contribution >= 0.6 is 0 Å². The van der Waals surface area contributed by atoms with Gasteiger partial charge in [0.15, 0.2) is 0 Å². The quantitative estimate of drug-likeness (QED) is 0.408. The number of carbonyl (C=O) groups excluding carboxylic acids is 2. The van der Waals surface area contributed by atoms with Gasteiger partial charge < -0.3 is 15.0 Å². The van der Waals surface area contributed by atoms with E-state index in [9.17, 15) is 22.4 Å². The number of hydrogen-bond donors (Lipinski definition) is 1. The molecule has 0 fully saturated rings. The third-order valence-electron chi connectivity index (χ3n) is 5.60. The fourth-order valence-electron chi connectivity index (χ4n) is 3.63. The molecule has 3 aromatic rings. The molecular formula is C27H30FN3O5S. The molecule has 0 aliphatic heterocycles. The molecule has 1 atom stereocenters. The van der Waals surface area contributed by atoms with E-state index in [4.69, 9.17) is 4.74 Å². The van der Waals surface area contributed by atoms with Gasteiger partial charge in [-0.15, -0.1) is 0 Å². The number of para-hydroxylation sites is 1. The molecule has 0 saturated carbocycles. The Hall–Kier alpha value is -3.92. The van der Waals surface area contributed by atoms with Crippen LogP contribution in [0, 0.1) is 5.82 Å². The maximum atomic E-state index is 14.4. The first-order valence-electron chi connectivity index (χ1n) is 11.7. The molecule has 0 spiro atoms. The van der Waals surface area contributed by atoms with Crippen molar-refractivity contribution in [2.45, 2.75) is 26.4 Å². The zero-order valence-electron chi connectivity index (χ0n) is 20.9. The molecule has 1 N–H and O–H groups in total. The molecule has 8 nitrogen and oxygen atoms in total. The number of anilines is 1. The number of hydrogen-bond acceptors (Lipinski definition) is 5. The Labute approximate surface area is 216 Å². The van der Waals surface area contributed by atoms with E-state index in [2.05, 4.69) is 5.32 Å². The number of likely N-dealkylation sites (N-methyl/N-ethyl adjacent to an activating group) is 1. The highest BCUT2D eigenvalue weighted by atomic mass is 32.2. The fourth-order valence-corrected chi connectivity index (χ4v) is 4.48. The molecule has 0 unspecified atom stereocenters. The van der Waals surface area contributed by atoms with Crippen molar-refractivity contribution in [3.8, 4) is 11.5 Å². The van der Waals surface area contributed by atoms with E-state index in [1.807, 2.05) is 18.2 Å². The van der Waals surface area contributed by atoms with Crippen molar-refractivity contribution in [3.05, 3.63) is 90.2 Å². The van der Waals surface area contributed by atoms with Crippen LogP contribution < -0.4 is 14.4 Å². The fraction of sp³-hybridized carbons (Fsp3) is 0.259. The topological polar surface area (TPSA) is 96.0 Å². The molecule has 2 amide bonds. The molecule has 0 bridgehead atoms. The summed E-state index contributed by atoms with van der Waals surface area (Å²) in [5, 5.41) is 2.65. The van der Waals surface area contributed by atoms with Gasteiger partial charge >= 0.3 is 0 Å². The Kier molecular flexibility index (Phi) is 9.24. The van der Waals surface area contributed by atoms with Gasteiger partial charge in [0.25, 0.3) is 0 Å². The van der Waals surface area contributed by atoms with Crippen molar-refractivity contribution < 1.29 is 27.1 Å². The predicted octanol–water partition coefficient (Wildman–Crippen LogP) is 3.94. The number of nitrogens with one attached hydrogen (secondary N) is 1. The first-order valence-corrected chi connectivity index (χ1v) is 13.6. The van der Waals surface area contributed by atoms with Crippen molar-refractivity contribution in [3.63, 3.8) is 0 Å². The Bertz CT molecular complexity index is 1320. The van der Waals surface area contributed by atoms with Gasteiger partial charge in [-0.3, -0.25) is 13.9 Å². The molecule has 0 aliphatic carbocycles. The molecule has 0 radical (unpaired) electrons. The molecule has 0 heterocycles. The van der Waals surface area contributed by atoms with E-state index in [0.29, 0.717) is 18.0 Å². The lowest BCUT2D eigenvalue weighted by Crippen LogP contribution is -2.51. The molecule has 37 heavy (non-hydrogen) atoms. The number of sulfonamides is 1. The lowest BCUT2D eigenvalue weighted by molar-refractivity contribution is -0.139. The van der Waals surface area contributed by atoms with E-state index in [0.717, 1.165) is 10.6 Å². The van der Waals surface area contributed by atoms with Crippen molar-refractivity contribution in [1.29, 1.82) is 0 Å². The average Bonchev–Trinajstić information content (AvgIpc) is 2.87. The van der Waals surface area contributed by atoms with Gasteiger partial charge in [0.1, 0.15) is 29.9 Å². The third-order valence-corrected chi connectivity index (χ3v) is 6.74. The van der Waals surface area contributed by atoms with Crippen LogP contribution in [0.2, 0.25) is 0 Å². The van der Waals surface area contributed by atoms with Gasteiger partial charge in [-0.05, 0) is 56.3 Å². The summed E-state index contributed by atoms with van der Waals surface area (Å²) in [5.41, 5.74) is 0.452. The van der Waals surface area contributed by atoms with Crippen LogP contribution in [0.3, 0.4) is 0 Å². The van der Waals surface area contributed by atoms with Crippen LogP contribution in [0.1, 0.15) is 19.4 Å². The normalized spacial score (nSPS) is 11.9. The first kappa shape index (κ1) is 27.7. The van der Waals surface area contributed by atoms with Gasteiger partial charge in [-0.1, -0.05) is 36.4 Å². The molecule has 0 saturated heterocycles. The molecule has 0 aromatic heterocycles. The summed E-state index contributed by atoms with van der Waals surface area (Å²) < 4.78 is 46.4. The molecule has 10 heteroatoms. The van der Waals surface area contributed by atoms with Gasteiger partial charge in [-0.2, -0.15) is 0 Å². The Morgan fingerprint density at radius 1 is 0.946 bits per heavy atom. The van der Waals surface area contributed by atoms with Crippen LogP contribution in [-0.2, 0) is 26.2 Å². The number of ether oxygens (including phenoxy) is 1. The molecule has 3 aromatic carbocycles. The van der Waals surface area contributed by atoms with E-state index in [-0.39, 0.29) is 17.8 Å². The number of nitrogens with zero attached hydrogens (tertiary/aromatic N) is 2. The Balaban J connectivity index is 1.86. The summed E-state index contributed by atoms with van der Waals surface area (Å²) in [4.78, 5) is 27.2. The molecule has 0 aliphatic rings. The maximum Gasteiger partial charge on any atom is 0.244 e. The van der Waals surface area contributed by atoms with Crippen molar-refractivity contribution >= 4 is 27.5 Å². The SMILES string of the molecule is CCNC(=O)[C@H](C)N(Cc1ccccc1F)C(=O)CN(c1ccc(Oc2ccccc2)cc1)S(C)(=O)=O. The smallest absolute Gasteiger partial charge is 0.244 e. The summed E-state index contributed by atoms with van der Waals surface area (Å²) in [5.74, 6) is -0.510. The van der Waals surface area contributed by atoms with Crippen LogP contribution in [0.15, 0.2) is 78.9 Å². The predicted molar refractivity (Wildman–Crippen MR) is 140 cm³/mol. The second-order valence-electron chi connectivity index (χ2n) is 8.36. The second kappa shape index (κ2) is 12.4. The number of carbonyl (C=O) groups is 2. The van der Waals surface area contributed by atoms with Crippen molar-refractivity contribution in [1.82, 2.24) is 10.2 Å². The minimum absolute atomic E-state index is 0.203. The molecule has 3 rings (SSSR count). The Morgan fingerprint density at radius 3 is 2.14 bits per heavy atom. The minimum Gasteiger partial charge on any atom is -0.457 e. The summed E-state index contributed by atoms with van der Waals surface area (Å²) >= 11 is 0. The summed E-state index contributed by atoms with van der Waals surface area (Å²) in [6.07, 6.45) is 0.989. The van der Waals surface area contributed by atoms with Crippen molar-refractivity contribution in [2.24, 2.45) is 0 Å². The number of halogens is 1. The van der Waals surface area contributed by atoms with Crippen molar-refractivity contribution in [2.75, 3.05) is 23.7 Å². The van der Waals surface area contributed by atoms with E-state index < -0.39 is 40.2 Å². The number of rotatable bonds is 11. The lowest BCUT2D eigenvalue weighted by Gasteiger charge is -2.31. The zero-order chi connectivity index (χ0) is 27.0. The monoisotopic (exact) mass is 527 g/mol. The first-order chi connectivity index (χ1) is 17.6. The van der Waals surface area contributed by atoms with Crippen LogP contribution in [0.25, 0.3) is 0 Å². The second-order valence-corrected chi connectivity index (χ2v) is 10.3. The standard InChI is InChI=1S/C27H30FN3O5S/c1-4-29-27(33)20(2)30(18-21-10-8-9-13-25(21)28)26(32)19-31(37(3,34)35)22-14-16-24(17-15-22)36-23-11-6-5-7-12-23/h5-17,20H,4,18-19H2,1-3H3,(H,29,33)/t20-/m0/s1. The highest BCUT2D eigenvalue weighted by Crippen LogP contribution is 2.26. The van der Waals surface area contributed by atoms with E-state index >= 15 is 0 Å². The minimum atomic E-state index is -3.89. The molecular weight excluding hydrogens is 497 g/mol. The van der Waals surface area contributed by atoms with Crippen LogP contribution in [0.4, 0.5) is 10.1 Å². The number of benzene rings is 3. The van der Waals surface area contributed by atoms with Crippen LogP contribution in [-0.4, -0.2) is 50.5 Å². The largest absolute Gasteiger partial charge is 0.457 e. The summed E-state index contributed by atoms with van der Waals surface area (Å²) in [7, 11) is -3.89. The van der Waals surface area contributed by atoms with Crippen LogP contribution in [0.5, 0.6) is 11.5 Å². The van der Waals surface area contributed by atoms with E-state index in [1.54, 1.807) is 37.3 Å². The summed E-state index contributed by atoms with van der Waals surface area (Å²) in [6, 6.07) is 20.3. The lowest BCUT2D eigenvalue weighted by atomic mass is 10.1.